The van der Waals surface area contributed by atoms with Crippen molar-refractivity contribution in [2.24, 2.45) is 4.99 Å². The van der Waals surface area contributed by atoms with Crippen LogP contribution in [-0.2, 0) is 11.3 Å². The Hall–Kier alpha value is -2.33. The van der Waals surface area contributed by atoms with Crippen LogP contribution in [0.15, 0.2) is 59.6 Å². The van der Waals surface area contributed by atoms with Crippen LogP contribution in [0, 0.1) is 0 Å². The number of hydrogen-bond donors (Lipinski definition) is 3. The first kappa shape index (κ1) is 25.9. The molecule has 1 heterocycles. The molecule has 8 heteroatoms. The number of nitrogens with one attached hydrogen (secondary N) is 3. The summed E-state index contributed by atoms with van der Waals surface area (Å²) >= 11 is 0. The number of guanidine groups is 1. The lowest BCUT2D eigenvalue weighted by Gasteiger charge is -2.29. The highest BCUT2D eigenvalue weighted by Gasteiger charge is 2.23. The Balaban J connectivity index is 0.00000363. The van der Waals surface area contributed by atoms with Crippen molar-refractivity contribution in [3.8, 4) is 5.75 Å². The van der Waals surface area contributed by atoms with Crippen LogP contribution in [0.4, 0.5) is 0 Å². The lowest BCUT2D eigenvalue weighted by atomic mass is 10.1. The van der Waals surface area contributed by atoms with Crippen molar-refractivity contribution in [3.63, 3.8) is 0 Å². The summed E-state index contributed by atoms with van der Waals surface area (Å²) in [5.74, 6) is 1.40. The van der Waals surface area contributed by atoms with Crippen LogP contribution in [-0.4, -0.2) is 57.1 Å². The second kappa shape index (κ2) is 13.9. The SMILES string of the molecule is CN=C(NCC(=O)NCc1ccccc1)NCC(c1ccc(OC)cc1)N1CCCC1.I. The Bertz CT molecular complexity index is 839. The van der Waals surface area contributed by atoms with Crippen molar-refractivity contribution in [1.29, 1.82) is 0 Å². The third-order valence-electron chi connectivity index (χ3n) is 5.52. The number of rotatable bonds is 9. The summed E-state index contributed by atoms with van der Waals surface area (Å²) in [5.41, 5.74) is 2.32. The lowest BCUT2D eigenvalue weighted by molar-refractivity contribution is -0.120. The normalized spacial score (nSPS) is 14.9. The highest BCUT2D eigenvalue weighted by atomic mass is 127. The Morgan fingerprint density at radius 2 is 1.72 bits per heavy atom. The smallest absolute Gasteiger partial charge is 0.239 e. The van der Waals surface area contributed by atoms with Gasteiger partial charge in [-0.15, -0.1) is 24.0 Å². The van der Waals surface area contributed by atoms with Gasteiger partial charge in [0.1, 0.15) is 5.75 Å². The largest absolute Gasteiger partial charge is 0.497 e. The fourth-order valence-electron chi connectivity index (χ4n) is 3.77. The van der Waals surface area contributed by atoms with E-state index in [4.69, 9.17) is 4.74 Å². The summed E-state index contributed by atoms with van der Waals surface area (Å²) in [5, 5.41) is 9.42. The van der Waals surface area contributed by atoms with Gasteiger partial charge in [-0.3, -0.25) is 14.7 Å². The molecule has 3 rings (SSSR count). The van der Waals surface area contributed by atoms with Gasteiger partial charge in [0.15, 0.2) is 5.96 Å². The van der Waals surface area contributed by atoms with E-state index in [1.165, 1.54) is 18.4 Å². The third kappa shape index (κ3) is 7.98. The fourth-order valence-corrected chi connectivity index (χ4v) is 3.77. The maximum atomic E-state index is 12.2. The van der Waals surface area contributed by atoms with Gasteiger partial charge in [-0.05, 0) is 49.2 Å². The second-order valence-corrected chi connectivity index (χ2v) is 7.60. The average molecular weight is 551 g/mol. The molecular formula is C24H34IN5O2. The number of hydrogen-bond acceptors (Lipinski definition) is 4. The number of benzene rings is 2. The van der Waals surface area contributed by atoms with Gasteiger partial charge in [0.25, 0.3) is 0 Å². The van der Waals surface area contributed by atoms with Gasteiger partial charge in [0, 0.05) is 20.1 Å². The van der Waals surface area contributed by atoms with E-state index < -0.39 is 0 Å². The van der Waals surface area contributed by atoms with Crippen LogP contribution in [0.5, 0.6) is 5.75 Å². The molecule has 1 fully saturated rings. The van der Waals surface area contributed by atoms with E-state index in [9.17, 15) is 4.79 Å². The Morgan fingerprint density at radius 1 is 1.03 bits per heavy atom. The van der Waals surface area contributed by atoms with E-state index in [1.54, 1.807) is 14.2 Å². The molecule has 0 radical (unpaired) electrons. The van der Waals surface area contributed by atoms with Crippen LogP contribution >= 0.6 is 24.0 Å². The fraction of sp³-hybridized carbons (Fsp3) is 0.417. The third-order valence-corrected chi connectivity index (χ3v) is 5.52. The number of carbonyl (C=O) groups is 1. The van der Waals surface area contributed by atoms with E-state index in [-0.39, 0.29) is 42.5 Å². The van der Waals surface area contributed by atoms with Crippen LogP contribution < -0.4 is 20.7 Å². The van der Waals surface area contributed by atoms with Crippen molar-refractivity contribution in [2.45, 2.75) is 25.4 Å². The molecular weight excluding hydrogens is 517 g/mol. The topological polar surface area (TPSA) is 78.0 Å². The number of nitrogens with zero attached hydrogens (tertiary/aromatic N) is 2. The maximum absolute atomic E-state index is 12.2. The van der Waals surface area contributed by atoms with Crippen LogP contribution in [0.3, 0.4) is 0 Å². The zero-order valence-electron chi connectivity index (χ0n) is 18.8. The first-order valence-electron chi connectivity index (χ1n) is 10.8. The molecule has 0 saturated carbocycles. The number of amides is 1. The second-order valence-electron chi connectivity index (χ2n) is 7.60. The van der Waals surface area contributed by atoms with Gasteiger partial charge in [-0.25, -0.2) is 0 Å². The number of likely N-dealkylation sites (tertiary alicyclic amines) is 1. The molecule has 1 atom stereocenters. The molecule has 1 aliphatic heterocycles. The summed E-state index contributed by atoms with van der Waals surface area (Å²) in [7, 11) is 3.40. The van der Waals surface area contributed by atoms with Crippen LogP contribution in [0.1, 0.15) is 30.0 Å². The van der Waals surface area contributed by atoms with E-state index in [1.807, 2.05) is 42.5 Å². The lowest BCUT2D eigenvalue weighted by Crippen LogP contribution is -2.45. The standard InChI is InChI=1S/C24H33N5O2.HI/c1-25-24(28-18-23(30)26-16-19-8-4-3-5-9-19)27-17-22(29-14-6-7-15-29)20-10-12-21(31-2)13-11-20;/h3-5,8-13,22H,6-7,14-18H2,1-2H3,(H,26,30)(H2,25,27,28);1H. The molecule has 1 aliphatic rings. The molecule has 174 valence electrons. The maximum Gasteiger partial charge on any atom is 0.239 e. The predicted molar refractivity (Wildman–Crippen MR) is 140 cm³/mol. The number of aliphatic imine (C=N–C) groups is 1. The zero-order chi connectivity index (χ0) is 21.9. The van der Waals surface area contributed by atoms with Crippen LogP contribution in [0.25, 0.3) is 0 Å². The molecule has 1 unspecified atom stereocenters. The van der Waals surface area contributed by atoms with Gasteiger partial charge in [-0.1, -0.05) is 42.5 Å². The van der Waals surface area contributed by atoms with Crippen molar-refractivity contribution in [2.75, 3.05) is 40.3 Å². The minimum atomic E-state index is -0.0712. The molecule has 1 amide bonds. The summed E-state index contributed by atoms with van der Waals surface area (Å²) in [6.07, 6.45) is 2.45. The zero-order valence-corrected chi connectivity index (χ0v) is 21.2. The Kier molecular flexibility index (Phi) is 11.3. The molecule has 3 N–H and O–H groups in total. The number of ether oxygens (including phenoxy) is 1. The molecule has 0 bridgehead atoms. The Labute approximate surface area is 208 Å². The summed E-state index contributed by atoms with van der Waals surface area (Å²) in [6.45, 7) is 3.57. The molecule has 7 nitrogen and oxygen atoms in total. The summed E-state index contributed by atoms with van der Waals surface area (Å²) < 4.78 is 5.30. The number of halogens is 1. The van der Waals surface area contributed by atoms with Crippen molar-refractivity contribution >= 4 is 35.8 Å². The molecule has 32 heavy (non-hydrogen) atoms. The van der Waals surface area contributed by atoms with Gasteiger partial charge < -0.3 is 20.7 Å². The summed E-state index contributed by atoms with van der Waals surface area (Å²) in [4.78, 5) is 19.0. The number of carbonyl (C=O) groups excluding carboxylic acids is 1. The Morgan fingerprint density at radius 3 is 2.34 bits per heavy atom. The molecule has 1 saturated heterocycles. The molecule has 0 aliphatic carbocycles. The van der Waals surface area contributed by atoms with Gasteiger partial charge >= 0.3 is 0 Å². The molecule has 0 spiro atoms. The highest BCUT2D eigenvalue weighted by molar-refractivity contribution is 14.0. The summed E-state index contributed by atoms with van der Waals surface area (Å²) in [6, 6.07) is 18.4. The van der Waals surface area contributed by atoms with E-state index in [2.05, 4.69) is 38.0 Å². The van der Waals surface area contributed by atoms with E-state index in [0.29, 0.717) is 19.0 Å². The molecule has 2 aromatic carbocycles. The monoisotopic (exact) mass is 551 g/mol. The van der Waals surface area contributed by atoms with Crippen molar-refractivity contribution in [3.05, 3.63) is 65.7 Å². The van der Waals surface area contributed by atoms with Crippen molar-refractivity contribution < 1.29 is 9.53 Å². The van der Waals surface area contributed by atoms with Gasteiger partial charge in [0.2, 0.25) is 5.91 Å². The quantitative estimate of drug-likeness (QED) is 0.254. The minimum absolute atomic E-state index is 0. The average Bonchev–Trinajstić information content (AvgIpc) is 3.35. The molecule has 0 aromatic heterocycles. The number of methoxy groups -OCH3 is 1. The van der Waals surface area contributed by atoms with E-state index in [0.717, 1.165) is 24.4 Å². The highest BCUT2D eigenvalue weighted by Crippen LogP contribution is 2.26. The molecule has 2 aromatic rings. The minimum Gasteiger partial charge on any atom is -0.497 e. The predicted octanol–water partition coefficient (Wildman–Crippen LogP) is 2.93. The first-order chi connectivity index (χ1) is 15.2. The van der Waals surface area contributed by atoms with Crippen molar-refractivity contribution in [1.82, 2.24) is 20.9 Å². The van der Waals surface area contributed by atoms with Gasteiger partial charge in [0.05, 0.1) is 19.7 Å². The van der Waals surface area contributed by atoms with Crippen LogP contribution in [0.2, 0.25) is 0 Å². The first-order valence-corrected chi connectivity index (χ1v) is 10.8. The van der Waals surface area contributed by atoms with Gasteiger partial charge in [-0.2, -0.15) is 0 Å². The van der Waals surface area contributed by atoms with E-state index >= 15 is 0 Å².